The minimum Gasteiger partial charge on any atom is -0.379 e. The van der Waals surface area contributed by atoms with Gasteiger partial charge in [-0.1, -0.05) is 29.8 Å². The zero-order chi connectivity index (χ0) is 18.7. The van der Waals surface area contributed by atoms with Gasteiger partial charge in [-0.25, -0.2) is 4.98 Å². The quantitative estimate of drug-likeness (QED) is 0.846. The number of nitrogens with zero attached hydrogens (tertiary/aromatic N) is 3. The number of hydrogen-bond acceptors (Lipinski definition) is 5. The van der Waals surface area contributed by atoms with Crippen molar-refractivity contribution in [2.24, 2.45) is 0 Å². The normalized spacial score (nSPS) is 20.8. The molecule has 26 heavy (non-hydrogen) atoms. The van der Waals surface area contributed by atoms with Gasteiger partial charge in [0.25, 0.3) is 5.91 Å². The fraction of sp³-hybridized carbons (Fsp3) is 0.500. The molecule has 1 saturated heterocycles. The lowest BCUT2D eigenvalue weighted by molar-refractivity contribution is -0.160. The third-order valence-corrected chi connectivity index (χ3v) is 5.61. The molecule has 0 radical (unpaired) electrons. The number of rotatable bonds is 6. The van der Waals surface area contributed by atoms with Gasteiger partial charge in [0.05, 0.1) is 10.7 Å². The van der Waals surface area contributed by atoms with E-state index in [1.165, 1.54) is 5.56 Å². The molecule has 0 saturated carbocycles. The van der Waals surface area contributed by atoms with Crippen LogP contribution in [0.5, 0.6) is 0 Å². The Balaban J connectivity index is 1.65. The van der Waals surface area contributed by atoms with E-state index in [0.717, 1.165) is 22.7 Å². The van der Waals surface area contributed by atoms with E-state index in [2.05, 4.69) is 11.1 Å². The summed E-state index contributed by atoms with van der Waals surface area (Å²) in [6, 6.07) is 8.18. The van der Waals surface area contributed by atoms with Crippen LogP contribution in [0.25, 0.3) is 0 Å². The first kappa shape index (κ1) is 19.0. The highest BCUT2D eigenvalue weighted by Gasteiger charge is 2.42. The number of benzene rings is 1. The number of likely N-dealkylation sites (tertiary alicyclic amines) is 1. The molecule has 1 aliphatic heterocycles. The van der Waals surface area contributed by atoms with E-state index in [-0.39, 0.29) is 5.91 Å². The molecule has 140 valence electrons. The molecule has 6 heteroatoms. The van der Waals surface area contributed by atoms with Crippen molar-refractivity contribution in [1.82, 2.24) is 14.8 Å². The molecule has 2 heterocycles. The molecule has 0 bridgehead atoms. The fourth-order valence-corrected chi connectivity index (χ4v) is 4.26. The Morgan fingerprint density at radius 1 is 1.38 bits per heavy atom. The van der Waals surface area contributed by atoms with Crippen LogP contribution in [-0.2, 0) is 17.9 Å². The summed E-state index contributed by atoms with van der Waals surface area (Å²) >= 11 is 1.62. The second kappa shape index (κ2) is 7.86. The molecule has 1 fully saturated rings. The van der Waals surface area contributed by atoms with E-state index in [4.69, 9.17) is 0 Å². The van der Waals surface area contributed by atoms with Gasteiger partial charge in [-0.05, 0) is 39.3 Å². The number of aromatic nitrogens is 1. The Bertz CT molecular complexity index is 776. The van der Waals surface area contributed by atoms with Gasteiger partial charge in [-0.15, -0.1) is 11.3 Å². The standard InChI is InChI=1S/C20H27N3O2S/c1-15-6-4-7-17(10-15)11-23-9-5-8-20(25,19(23)24)14-22(3)12-18-13-26-16(2)21-18/h4,6-7,10,13,25H,5,8-9,11-12,14H2,1-3H3/t20-/m0/s1. The Morgan fingerprint density at radius 2 is 2.19 bits per heavy atom. The Kier molecular flexibility index (Phi) is 5.75. The van der Waals surface area contributed by atoms with E-state index >= 15 is 0 Å². The van der Waals surface area contributed by atoms with Crippen LogP contribution in [-0.4, -0.2) is 51.5 Å². The van der Waals surface area contributed by atoms with Crippen LogP contribution < -0.4 is 0 Å². The number of likely N-dealkylation sites (N-methyl/N-ethyl adjacent to an activating group) is 1. The molecule has 0 unspecified atom stereocenters. The predicted octanol–water partition coefficient (Wildman–Crippen LogP) is 2.75. The van der Waals surface area contributed by atoms with Crippen molar-refractivity contribution in [1.29, 1.82) is 0 Å². The van der Waals surface area contributed by atoms with Gasteiger partial charge in [-0.3, -0.25) is 9.69 Å². The van der Waals surface area contributed by atoms with Gasteiger partial charge < -0.3 is 10.0 Å². The third-order valence-electron chi connectivity index (χ3n) is 4.79. The first-order valence-corrected chi connectivity index (χ1v) is 9.90. The van der Waals surface area contributed by atoms with Crippen LogP contribution in [0.1, 0.15) is 34.7 Å². The monoisotopic (exact) mass is 373 g/mol. The van der Waals surface area contributed by atoms with Crippen molar-refractivity contribution in [3.05, 3.63) is 51.5 Å². The first-order chi connectivity index (χ1) is 12.4. The molecule has 5 nitrogen and oxygen atoms in total. The zero-order valence-electron chi connectivity index (χ0n) is 15.7. The van der Waals surface area contributed by atoms with Crippen LogP contribution >= 0.6 is 11.3 Å². The SMILES string of the molecule is Cc1cccc(CN2CCC[C@](O)(CN(C)Cc3csc(C)n3)C2=O)c1. The van der Waals surface area contributed by atoms with Crippen LogP contribution in [0.3, 0.4) is 0 Å². The number of carbonyl (C=O) groups excluding carboxylic acids is 1. The highest BCUT2D eigenvalue weighted by molar-refractivity contribution is 7.09. The van der Waals surface area contributed by atoms with Gasteiger partial charge in [0, 0.05) is 31.6 Å². The maximum absolute atomic E-state index is 13.0. The highest BCUT2D eigenvalue weighted by Crippen LogP contribution is 2.26. The number of piperidine rings is 1. The van der Waals surface area contributed by atoms with Gasteiger partial charge in [0.2, 0.25) is 0 Å². The summed E-state index contributed by atoms with van der Waals surface area (Å²) < 4.78 is 0. The molecule has 0 aliphatic carbocycles. The molecule has 3 rings (SSSR count). The van der Waals surface area contributed by atoms with Gasteiger partial charge in [-0.2, -0.15) is 0 Å². The average molecular weight is 374 g/mol. The summed E-state index contributed by atoms with van der Waals surface area (Å²) in [7, 11) is 1.93. The summed E-state index contributed by atoms with van der Waals surface area (Å²) in [5, 5.41) is 14.1. The van der Waals surface area contributed by atoms with Crippen molar-refractivity contribution in [2.75, 3.05) is 20.1 Å². The number of thiazole rings is 1. The molecule has 0 spiro atoms. The maximum Gasteiger partial charge on any atom is 0.256 e. The lowest BCUT2D eigenvalue weighted by Crippen LogP contribution is -2.57. The third kappa shape index (κ3) is 4.50. The van der Waals surface area contributed by atoms with Gasteiger partial charge in [0.1, 0.15) is 0 Å². The molecule has 1 atom stereocenters. The number of hydrogen-bond donors (Lipinski definition) is 1. The second-order valence-electron chi connectivity index (χ2n) is 7.38. The van der Waals surface area contributed by atoms with Crippen molar-refractivity contribution < 1.29 is 9.90 Å². The van der Waals surface area contributed by atoms with Gasteiger partial charge in [0.15, 0.2) is 5.60 Å². The molecule has 1 aliphatic rings. The number of aliphatic hydroxyl groups is 1. The van der Waals surface area contributed by atoms with Crippen molar-refractivity contribution in [2.45, 2.75) is 45.4 Å². The largest absolute Gasteiger partial charge is 0.379 e. The lowest BCUT2D eigenvalue weighted by atomic mass is 9.90. The Hall–Kier alpha value is -1.76. The Labute approximate surface area is 159 Å². The smallest absolute Gasteiger partial charge is 0.256 e. The summed E-state index contributed by atoms with van der Waals surface area (Å²) in [5.74, 6) is -0.161. The van der Waals surface area contributed by atoms with Crippen LogP contribution in [0.2, 0.25) is 0 Å². The maximum atomic E-state index is 13.0. The molecule has 1 aromatic heterocycles. The predicted molar refractivity (Wildman–Crippen MR) is 104 cm³/mol. The van der Waals surface area contributed by atoms with Crippen LogP contribution in [0.15, 0.2) is 29.6 Å². The molecule has 2 aromatic rings. The van der Waals surface area contributed by atoms with E-state index < -0.39 is 5.60 Å². The fourth-order valence-electron chi connectivity index (χ4n) is 3.65. The van der Waals surface area contributed by atoms with Crippen LogP contribution in [0.4, 0.5) is 0 Å². The van der Waals surface area contributed by atoms with E-state index in [1.54, 1.807) is 16.2 Å². The number of amides is 1. The molecular weight excluding hydrogens is 346 g/mol. The number of carbonyl (C=O) groups is 1. The average Bonchev–Trinajstić information content (AvgIpc) is 2.97. The second-order valence-corrected chi connectivity index (χ2v) is 8.44. The Morgan fingerprint density at radius 3 is 2.88 bits per heavy atom. The van der Waals surface area contributed by atoms with Crippen molar-refractivity contribution in [3.63, 3.8) is 0 Å². The van der Waals surface area contributed by atoms with E-state index in [1.807, 2.05) is 49.4 Å². The highest BCUT2D eigenvalue weighted by atomic mass is 32.1. The molecule has 1 aromatic carbocycles. The zero-order valence-corrected chi connectivity index (χ0v) is 16.6. The summed E-state index contributed by atoms with van der Waals surface area (Å²) in [6.45, 7) is 6.25. The summed E-state index contributed by atoms with van der Waals surface area (Å²) in [4.78, 5) is 21.2. The molecular formula is C20H27N3O2S. The minimum absolute atomic E-state index is 0.161. The topological polar surface area (TPSA) is 56.7 Å². The first-order valence-electron chi connectivity index (χ1n) is 9.02. The molecule has 1 N–H and O–H groups in total. The summed E-state index contributed by atoms with van der Waals surface area (Å²) in [6.07, 6.45) is 1.33. The van der Waals surface area contributed by atoms with E-state index in [0.29, 0.717) is 32.6 Å². The van der Waals surface area contributed by atoms with Gasteiger partial charge >= 0.3 is 0 Å². The number of aryl methyl sites for hydroxylation is 2. The minimum atomic E-state index is -1.32. The lowest BCUT2D eigenvalue weighted by Gasteiger charge is -2.40. The summed E-state index contributed by atoms with van der Waals surface area (Å²) in [5.41, 5.74) is 1.95. The van der Waals surface area contributed by atoms with Crippen molar-refractivity contribution in [3.8, 4) is 0 Å². The van der Waals surface area contributed by atoms with Crippen LogP contribution in [0, 0.1) is 13.8 Å². The van der Waals surface area contributed by atoms with E-state index in [9.17, 15) is 9.90 Å². The molecule has 1 amide bonds. The van der Waals surface area contributed by atoms with Crippen molar-refractivity contribution >= 4 is 17.2 Å².